The van der Waals surface area contributed by atoms with Crippen LogP contribution in [-0.2, 0) is 0 Å². The summed E-state index contributed by atoms with van der Waals surface area (Å²) in [6.45, 7) is 8.49. The van der Waals surface area contributed by atoms with Crippen LogP contribution in [0.3, 0.4) is 0 Å². The Balaban J connectivity index is 2.27. The van der Waals surface area contributed by atoms with Crippen molar-refractivity contribution in [2.45, 2.75) is 57.9 Å². The zero-order valence-electron chi connectivity index (χ0n) is 12.5. The molecule has 1 rings (SSSR count). The number of likely N-dealkylation sites (tertiary alicyclic amines) is 1. The molecule has 0 aromatic carbocycles. The highest BCUT2D eigenvalue weighted by Crippen LogP contribution is 2.19. The fourth-order valence-corrected chi connectivity index (χ4v) is 2.94. The lowest BCUT2D eigenvalue weighted by molar-refractivity contribution is 0.146. The molecule has 0 amide bonds. The molecule has 0 aromatic heterocycles. The molecule has 0 bridgehead atoms. The van der Waals surface area contributed by atoms with Crippen molar-refractivity contribution in [2.24, 2.45) is 5.92 Å². The first kappa shape index (κ1) is 15.9. The lowest BCUT2D eigenvalue weighted by Gasteiger charge is -2.31. The zero-order chi connectivity index (χ0) is 13.4. The van der Waals surface area contributed by atoms with Crippen molar-refractivity contribution in [1.29, 1.82) is 0 Å². The van der Waals surface area contributed by atoms with Crippen LogP contribution in [-0.4, -0.2) is 48.8 Å². The number of nitrogens with one attached hydrogen (secondary N) is 1. The molecule has 0 saturated carbocycles. The van der Waals surface area contributed by atoms with Gasteiger partial charge in [0.05, 0.1) is 6.61 Å². The SMILES string of the molecule is CCC(CO)(CCCN1CCCC(C)CC1)NC. The summed E-state index contributed by atoms with van der Waals surface area (Å²) in [5.74, 6) is 0.902. The van der Waals surface area contributed by atoms with Gasteiger partial charge < -0.3 is 15.3 Å². The number of nitrogens with zero attached hydrogens (tertiary/aromatic N) is 1. The van der Waals surface area contributed by atoms with Crippen LogP contribution in [0.1, 0.15) is 52.4 Å². The van der Waals surface area contributed by atoms with Crippen molar-refractivity contribution in [3.8, 4) is 0 Å². The van der Waals surface area contributed by atoms with Crippen molar-refractivity contribution < 1.29 is 5.11 Å². The van der Waals surface area contributed by atoms with Crippen molar-refractivity contribution in [3.63, 3.8) is 0 Å². The Morgan fingerprint density at radius 1 is 1.33 bits per heavy atom. The molecular formula is C15H32N2O. The summed E-state index contributed by atoms with van der Waals surface area (Å²) in [6, 6.07) is 0. The summed E-state index contributed by atoms with van der Waals surface area (Å²) in [4.78, 5) is 2.61. The summed E-state index contributed by atoms with van der Waals surface area (Å²) in [5, 5.41) is 12.8. The molecule has 1 fully saturated rings. The van der Waals surface area contributed by atoms with Gasteiger partial charge in [0.15, 0.2) is 0 Å². The van der Waals surface area contributed by atoms with Gasteiger partial charge in [-0.1, -0.05) is 13.8 Å². The van der Waals surface area contributed by atoms with E-state index in [1.165, 1.54) is 45.3 Å². The molecular weight excluding hydrogens is 224 g/mol. The zero-order valence-corrected chi connectivity index (χ0v) is 12.5. The van der Waals surface area contributed by atoms with E-state index in [1.807, 2.05) is 7.05 Å². The van der Waals surface area contributed by atoms with E-state index in [1.54, 1.807) is 0 Å². The second-order valence-corrected chi connectivity index (χ2v) is 6.02. The van der Waals surface area contributed by atoms with Crippen molar-refractivity contribution in [2.75, 3.05) is 33.3 Å². The van der Waals surface area contributed by atoms with Gasteiger partial charge in [-0.2, -0.15) is 0 Å². The standard InChI is InChI=1S/C15H32N2O/c1-4-15(13-18,16-3)9-6-11-17-10-5-7-14(2)8-12-17/h14,16,18H,4-13H2,1-3H3. The number of rotatable bonds is 7. The minimum atomic E-state index is -0.0564. The van der Waals surface area contributed by atoms with Crippen LogP contribution in [0.25, 0.3) is 0 Å². The summed E-state index contributed by atoms with van der Waals surface area (Å²) < 4.78 is 0. The lowest BCUT2D eigenvalue weighted by atomic mass is 9.91. The fraction of sp³-hybridized carbons (Fsp3) is 1.00. The first-order chi connectivity index (χ1) is 8.65. The van der Waals surface area contributed by atoms with Crippen LogP contribution in [0.15, 0.2) is 0 Å². The number of aliphatic hydroxyl groups is 1. The van der Waals surface area contributed by atoms with Gasteiger partial charge in [0.25, 0.3) is 0 Å². The average Bonchev–Trinajstić information content (AvgIpc) is 2.60. The first-order valence-electron chi connectivity index (χ1n) is 7.68. The Hall–Kier alpha value is -0.120. The van der Waals surface area contributed by atoms with Gasteiger partial charge in [-0.3, -0.25) is 0 Å². The van der Waals surface area contributed by atoms with Crippen LogP contribution >= 0.6 is 0 Å². The highest BCUT2D eigenvalue weighted by atomic mass is 16.3. The minimum Gasteiger partial charge on any atom is -0.394 e. The van der Waals surface area contributed by atoms with Crippen molar-refractivity contribution in [1.82, 2.24) is 10.2 Å². The molecule has 18 heavy (non-hydrogen) atoms. The van der Waals surface area contributed by atoms with Gasteiger partial charge in [0.2, 0.25) is 0 Å². The third-order valence-corrected chi connectivity index (χ3v) is 4.75. The molecule has 3 heteroatoms. The molecule has 0 radical (unpaired) electrons. The molecule has 3 nitrogen and oxygen atoms in total. The quantitative estimate of drug-likeness (QED) is 0.733. The van der Waals surface area contributed by atoms with Gasteiger partial charge in [-0.05, 0) is 71.1 Å². The molecule has 1 aliphatic heterocycles. The van der Waals surface area contributed by atoms with Gasteiger partial charge >= 0.3 is 0 Å². The van der Waals surface area contributed by atoms with Crippen LogP contribution in [0, 0.1) is 5.92 Å². The Kier molecular flexibility index (Phi) is 7.20. The van der Waals surface area contributed by atoms with E-state index in [2.05, 4.69) is 24.1 Å². The Labute approximate surface area is 113 Å². The normalized spacial score (nSPS) is 25.7. The maximum atomic E-state index is 9.52. The third-order valence-electron chi connectivity index (χ3n) is 4.75. The van der Waals surface area contributed by atoms with E-state index in [9.17, 15) is 5.11 Å². The maximum absolute atomic E-state index is 9.52. The number of hydrogen-bond donors (Lipinski definition) is 2. The molecule has 1 aliphatic rings. The van der Waals surface area contributed by atoms with Crippen LogP contribution in [0.2, 0.25) is 0 Å². The van der Waals surface area contributed by atoms with Crippen LogP contribution in [0.5, 0.6) is 0 Å². The molecule has 0 aliphatic carbocycles. The Morgan fingerprint density at radius 2 is 2.11 bits per heavy atom. The van der Waals surface area contributed by atoms with E-state index in [-0.39, 0.29) is 12.1 Å². The Morgan fingerprint density at radius 3 is 2.72 bits per heavy atom. The predicted octanol–water partition coefficient (Wildman–Crippen LogP) is 2.25. The van der Waals surface area contributed by atoms with E-state index in [0.717, 1.165) is 18.8 Å². The Bertz CT molecular complexity index is 208. The lowest BCUT2D eigenvalue weighted by Crippen LogP contribution is -2.46. The summed E-state index contributed by atoms with van der Waals surface area (Å²) in [6.07, 6.45) is 7.35. The van der Waals surface area contributed by atoms with Crippen LogP contribution in [0.4, 0.5) is 0 Å². The van der Waals surface area contributed by atoms with Crippen molar-refractivity contribution in [3.05, 3.63) is 0 Å². The molecule has 2 atom stereocenters. The number of hydrogen-bond acceptors (Lipinski definition) is 3. The molecule has 0 spiro atoms. The van der Waals surface area contributed by atoms with Gasteiger partial charge in [-0.25, -0.2) is 0 Å². The predicted molar refractivity (Wildman–Crippen MR) is 77.9 cm³/mol. The topological polar surface area (TPSA) is 35.5 Å². The highest BCUT2D eigenvalue weighted by molar-refractivity contribution is 4.84. The number of aliphatic hydroxyl groups excluding tert-OH is 1. The van der Waals surface area contributed by atoms with Gasteiger partial charge in [0.1, 0.15) is 0 Å². The van der Waals surface area contributed by atoms with E-state index < -0.39 is 0 Å². The van der Waals surface area contributed by atoms with E-state index in [0.29, 0.717) is 0 Å². The van der Waals surface area contributed by atoms with Crippen molar-refractivity contribution >= 4 is 0 Å². The molecule has 2 unspecified atom stereocenters. The van der Waals surface area contributed by atoms with E-state index in [4.69, 9.17) is 0 Å². The summed E-state index contributed by atoms with van der Waals surface area (Å²) >= 11 is 0. The van der Waals surface area contributed by atoms with Gasteiger partial charge in [0, 0.05) is 5.54 Å². The summed E-state index contributed by atoms with van der Waals surface area (Å²) in [5.41, 5.74) is -0.0564. The molecule has 0 aromatic rings. The summed E-state index contributed by atoms with van der Waals surface area (Å²) in [7, 11) is 1.97. The fourth-order valence-electron chi connectivity index (χ4n) is 2.94. The third kappa shape index (κ3) is 4.87. The molecule has 2 N–H and O–H groups in total. The molecule has 1 saturated heterocycles. The van der Waals surface area contributed by atoms with Gasteiger partial charge in [-0.15, -0.1) is 0 Å². The van der Waals surface area contributed by atoms with E-state index >= 15 is 0 Å². The first-order valence-corrected chi connectivity index (χ1v) is 7.68. The minimum absolute atomic E-state index is 0.0564. The molecule has 108 valence electrons. The second-order valence-electron chi connectivity index (χ2n) is 6.02. The number of likely N-dealkylation sites (N-methyl/N-ethyl adjacent to an activating group) is 1. The largest absolute Gasteiger partial charge is 0.394 e. The van der Waals surface area contributed by atoms with Crippen LogP contribution < -0.4 is 5.32 Å². The monoisotopic (exact) mass is 256 g/mol. The second kappa shape index (κ2) is 8.13. The maximum Gasteiger partial charge on any atom is 0.0613 e. The average molecular weight is 256 g/mol. The highest BCUT2D eigenvalue weighted by Gasteiger charge is 2.24. The smallest absolute Gasteiger partial charge is 0.0613 e. The molecule has 1 heterocycles.